The molecule has 23 nitrogen and oxygen atoms in total. The minimum absolute atomic E-state index is 0.148. The zero-order valence-electron chi connectivity index (χ0n) is 73.0. The number of hydrogen-bond acceptors (Lipinski definition) is 15. The van der Waals surface area contributed by atoms with E-state index in [1.165, 1.54) is 37.7 Å². The van der Waals surface area contributed by atoms with Crippen LogP contribution >= 0.6 is 0 Å². The average molecular weight is 1620 g/mol. The van der Waals surface area contributed by atoms with Crippen LogP contribution in [0, 0.1) is 62.3 Å². The summed E-state index contributed by atoms with van der Waals surface area (Å²) in [7, 11) is 2.15. The van der Waals surface area contributed by atoms with Gasteiger partial charge in [-0.3, -0.25) is 33.7 Å². The maximum atomic E-state index is 13.8. The first-order valence-electron chi connectivity index (χ1n) is 43.1. The van der Waals surface area contributed by atoms with E-state index >= 15 is 0 Å². The lowest BCUT2D eigenvalue weighted by molar-refractivity contribution is 0.0342. The number of nitrogens with zero attached hydrogens (tertiary/aromatic N) is 9. The second kappa shape index (κ2) is 38.9. The fraction of sp³-hybridized carbons (Fsp3) is 0.423. The van der Waals surface area contributed by atoms with Crippen LogP contribution < -0.4 is 52.6 Å². The second-order valence-corrected chi connectivity index (χ2v) is 33.7. The Kier molecular flexibility index (Phi) is 28.1. The fourth-order valence-electron chi connectivity index (χ4n) is 17.6. The van der Waals surface area contributed by atoms with Gasteiger partial charge in [0.15, 0.2) is 0 Å². The summed E-state index contributed by atoms with van der Waals surface area (Å²) in [5.74, 6) is 1.39. The van der Waals surface area contributed by atoms with Gasteiger partial charge in [0.05, 0.1) is 13.2 Å². The predicted molar refractivity (Wildman–Crippen MR) is 486 cm³/mol. The first-order chi connectivity index (χ1) is 57.7. The third kappa shape index (κ3) is 20.1. The van der Waals surface area contributed by atoms with E-state index in [4.69, 9.17) is 14.7 Å². The van der Waals surface area contributed by atoms with Crippen LogP contribution in [0.15, 0.2) is 142 Å². The largest absolute Gasteiger partial charge is 0.379 e. The summed E-state index contributed by atoms with van der Waals surface area (Å²) in [6.45, 7) is 41.9. The highest BCUT2D eigenvalue weighted by Gasteiger charge is 2.28. The van der Waals surface area contributed by atoms with Crippen molar-refractivity contribution in [3.8, 4) is 33.4 Å². The van der Waals surface area contributed by atoms with Gasteiger partial charge < -0.3 is 69.7 Å². The number of nitrogens with one attached hydrogen (secondary N) is 7. The van der Waals surface area contributed by atoms with Crippen LogP contribution in [0.4, 0.5) is 17.3 Å². The molecule has 0 spiro atoms. The molecule has 3 amide bonds. The second-order valence-electron chi connectivity index (χ2n) is 33.7. The number of fused-ring (bicyclic) bond motifs is 2. The number of aromatic nitrogens is 7. The van der Waals surface area contributed by atoms with E-state index in [1.54, 1.807) is 0 Å². The number of aromatic amines is 3. The minimum Gasteiger partial charge on any atom is -0.379 e. The van der Waals surface area contributed by atoms with Crippen molar-refractivity contribution < 1.29 is 19.1 Å². The van der Waals surface area contributed by atoms with Gasteiger partial charge in [-0.05, 0) is 256 Å². The molecule has 0 bridgehead atoms. The average Bonchev–Trinajstić information content (AvgIpc) is 1.60. The van der Waals surface area contributed by atoms with Gasteiger partial charge in [0.25, 0.3) is 34.4 Å². The van der Waals surface area contributed by atoms with Crippen molar-refractivity contribution in [2.24, 2.45) is 0 Å². The molecule has 10 heterocycles. The first-order valence-corrected chi connectivity index (χ1v) is 43.1. The maximum absolute atomic E-state index is 13.8. The molecule has 11 aromatic rings. The Morgan fingerprint density at radius 1 is 0.500 bits per heavy atom. The van der Waals surface area contributed by atoms with Gasteiger partial charge in [-0.1, -0.05) is 50.5 Å². The molecule has 120 heavy (non-hydrogen) atoms. The molecule has 15 rings (SSSR count). The van der Waals surface area contributed by atoms with Crippen LogP contribution in [0.5, 0.6) is 0 Å². The third-order valence-electron chi connectivity index (χ3n) is 24.6. The van der Waals surface area contributed by atoms with Crippen LogP contribution in [0.1, 0.15) is 189 Å². The molecule has 23 heteroatoms. The first kappa shape index (κ1) is 86.6. The lowest BCUT2D eigenvalue weighted by Gasteiger charge is -2.37. The van der Waals surface area contributed by atoms with Gasteiger partial charge in [0.2, 0.25) is 0 Å². The number of carbonyl (C=O) groups excluding carboxylic acids is 3. The monoisotopic (exact) mass is 1620 g/mol. The fourth-order valence-corrected chi connectivity index (χ4v) is 17.6. The number of morpholine rings is 1. The number of likely N-dealkylation sites (N-methyl/N-ethyl adjacent to an activating group) is 1. The van der Waals surface area contributed by atoms with Gasteiger partial charge in [0.1, 0.15) is 11.6 Å². The van der Waals surface area contributed by atoms with Crippen molar-refractivity contribution in [2.75, 3.05) is 107 Å². The van der Waals surface area contributed by atoms with Crippen molar-refractivity contribution in [3.63, 3.8) is 0 Å². The highest BCUT2D eigenvalue weighted by atomic mass is 16.5. The van der Waals surface area contributed by atoms with Gasteiger partial charge in [-0.15, -0.1) is 0 Å². The highest BCUT2D eigenvalue weighted by molar-refractivity contribution is 6.11. The molecule has 4 aromatic carbocycles. The Morgan fingerprint density at radius 3 is 1.39 bits per heavy atom. The minimum atomic E-state index is -0.201. The topological polar surface area (TPSA) is 259 Å². The van der Waals surface area contributed by atoms with E-state index in [0.29, 0.717) is 39.4 Å². The number of ether oxygens (including phenoxy) is 1. The zero-order chi connectivity index (χ0) is 85.2. The molecule has 1 atom stereocenters. The summed E-state index contributed by atoms with van der Waals surface area (Å²) in [5, 5.41) is 14.3. The zero-order valence-corrected chi connectivity index (χ0v) is 73.0. The number of anilines is 3. The summed E-state index contributed by atoms with van der Waals surface area (Å²) in [4.78, 5) is 109. The van der Waals surface area contributed by atoms with Gasteiger partial charge in [0, 0.05) is 230 Å². The van der Waals surface area contributed by atoms with Gasteiger partial charge in [-0.2, -0.15) is 0 Å². The molecule has 4 aliphatic rings. The number of amides is 3. The summed E-state index contributed by atoms with van der Waals surface area (Å²) < 4.78 is 9.98. The standard InChI is InChI=1S/C35H46N4O3.2C31H38N6O2/c1-5-39(30-9-7-6-8-10-30)33-21-29(28-13-11-27(12-14-28)23-38-15-17-42-18-16-38)20-31(26(33)4)34(40)36-22-32-24(2)19-25(3)37-35(32)41;1-19(2)37-18-21(4)29-25(30(38)33-17-26-20(3)13-22(5)34-31(26)39)14-24(15-27(29)37)23-7-8-28(32-16-23)36-11-9-35(6)10-12-36;1-6-22(5)37-18-20(3)29-25(30(38)34-17-26-19(2)13-21(4)35-31(26)39)14-24(15-27(29)37)23-7-8-28(33-16-23)36-11-9-32-10-12-36/h11-14,19-21,30H,5-10,15-18,22-23H2,1-4H3,(H,36,40)(H,37,41);7-8,13-16,18-19H,9-12,17H2,1-6H3,(H,33,38)(H,34,39);7-8,13-16,18,22,32H,6,9-12,17H2,1-5H3,(H,34,38)(H,35,39)/t;;22-/m..0/s1. The van der Waals surface area contributed by atoms with Crippen LogP contribution in [-0.2, 0) is 30.9 Å². The van der Waals surface area contributed by atoms with E-state index in [2.05, 4.69) is 204 Å². The Hall–Kier alpha value is -11.2. The number of piperazine rings is 2. The van der Waals surface area contributed by atoms with Crippen molar-refractivity contribution in [1.29, 1.82) is 0 Å². The molecular weight excluding hydrogens is 1500 g/mol. The van der Waals surface area contributed by atoms with Crippen LogP contribution in [0.25, 0.3) is 55.2 Å². The lowest BCUT2D eigenvalue weighted by atomic mass is 9.91. The van der Waals surface area contributed by atoms with E-state index in [1.807, 2.05) is 97.3 Å². The summed E-state index contributed by atoms with van der Waals surface area (Å²) >= 11 is 0. The van der Waals surface area contributed by atoms with Crippen LogP contribution in [0.3, 0.4) is 0 Å². The normalized spacial score (nSPS) is 15.1. The van der Waals surface area contributed by atoms with Gasteiger partial charge in [-0.25, -0.2) is 9.97 Å². The Morgan fingerprint density at radius 2 is 0.942 bits per heavy atom. The van der Waals surface area contributed by atoms with E-state index in [-0.39, 0.29) is 66.1 Å². The number of H-pyrrole nitrogens is 3. The Balaban J connectivity index is 0.000000156. The number of hydrogen-bond donors (Lipinski definition) is 7. The Bertz CT molecular complexity index is 5670. The van der Waals surface area contributed by atoms with Crippen molar-refractivity contribution in [3.05, 3.63) is 248 Å². The molecule has 7 N–H and O–H groups in total. The molecule has 3 aliphatic heterocycles. The highest BCUT2D eigenvalue weighted by Crippen LogP contribution is 2.39. The van der Waals surface area contributed by atoms with Crippen molar-refractivity contribution in [1.82, 2.24) is 65.1 Å². The maximum Gasteiger partial charge on any atom is 0.253 e. The van der Waals surface area contributed by atoms with E-state index in [0.717, 1.165) is 221 Å². The predicted octanol–water partition coefficient (Wildman–Crippen LogP) is 15.1. The molecule has 7 aromatic heterocycles. The summed E-state index contributed by atoms with van der Waals surface area (Å²) in [5.41, 5.74) is 21.7. The third-order valence-corrected chi connectivity index (χ3v) is 24.6. The summed E-state index contributed by atoms with van der Waals surface area (Å²) in [6.07, 6.45) is 15.2. The summed E-state index contributed by atoms with van der Waals surface area (Å²) in [6, 6.07) is 36.4. The molecule has 632 valence electrons. The number of carbonyl (C=O) groups is 3. The number of aryl methyl sites for hydroxylation is 8. The van der Waals surface area contributed by atoms with Crippen molar-refractivity contribution in [2.45, 2.75) is 180 Å². The number of pyridine rings is 5. The van der Waals surface area contributed by atoms with Gasteiger partial charge >= 0.3 is 0 Å². The van der Waals surface area contributed by atoms with Crippen LogP contribution in [0.2, 0.25) is 0 Å². The molecule has 3 saturated heterocycles. The molecular formula is C97H122N16O7. The molecule has 4 fully saturated rings. The number of benzene rings is 4. The lowest BCUT2D eigenvalue weighted by Crippen LogP contribution is -2.44. The van der Waals surface area contributed by atoms with Crippen molar-refractivity contribution >= 4 is 56.9 Å². The molecule has 0 radical (unpaired) electrons. The Labute approximate surface area is 705 Å². The van der Waals surface area contributed by atoms with Crippen LogP contribution in [-0.4, -0.2) is 160 Å². The quantitative estimate of drug-likeness (QED) is 0.0333. The SMILES string of the molecule is CCN(c1cc(-c2ccc(CN3CCOCC3)cc2)cc(C(=O)NCc2c(C)cc(C)[nH]c2=O)c1C)C1CCCCC1.CC[C@H](C)n1cc(C)c2c(C(=O)NCc3c(C)cc(C)[nH]c3=O)cc(-c3ccc(N4CCNCC4)nc3)cc21.Cc1cc(C)c(CNC(=O)c2cc(-c3ccc(N4CCN(C)CC4)nc3)cc3c2c(C)cn3C(C)C)c(=O)[nH]1. The number of rotatable bonds is 22. The van der Waals surface area contributed by atoms with E-state index < -0.39 is 0 Å². The smallest absolute Gasteiger partial charge is 0.253 e. The molecule has 1 aliphatic carbocycles. The van der Waals surface area contributed by atoms with E-state index in [9.17, 15) is 28.8 Å². The molecule has 0 unspecified atom stereocenters. The molecule has 1 saturated carbocycles.